The lowest BCUT2D eigenvalue weighted by Crippen LogP contribution is -2.26. The van der Waals surface area contributed by atoms with Gasteiger partial charge in [-0.3, -0.25) is 14.2 Å². The van der Waals surface area contributed by atoms with Crippen LogP contribution in [-0.4, -0.2) is 25.8 Å². The van der Waals surface area contributed by atoms with Gasteiger partial charge in [-0.15, -0.1) is 10.2 Å². The number of hydrogen-bond acceptors (Lipinski definition) is 5. The lowest BCUT2D eigenvalue weighted by molar-refractivity contribution is -0.136. The van der Waals surface area contributed by atoms with Crippen LogP contribution in [-0.2, 0) is 17.8 Å². The number of aliphatic carboxylic acids is 1. The molecule has 0 fully saturated rings. The summed E-state index contributed by atoms with van der Waals surface area (Å²) >= 11 is 0. The molecule has 2 rings (SSSR count). The molecule has 0 radical (unpaired) electrons. The Labute approximate surface area is 102 Å². The van der Waals surface area contributed by atoms with Gasteiger partial charge in [0.2, 0.25) is 0 Å². The van der Waals surface area contributed by atoms with Gasteiger partial charge in [-0.25, -0.2) is 0 Å². The fourth-order valence-corrected chi connectivity index (χ4v) is 1.48. The molecule has 0 saturated carbocycles. The van der Waals surface area contributed by atoms with Crippen LogP contribution in [0.3, 0.4) is 0 Å². The van der Waals surface area contributed by atoms with E-state index in [4.69, 9.17) is 9.52 Å². The summed E-state index contributed by atoms with van der Waals surface area (Å²) in [5, 5.41) is 15.9. The second kappa shape index (κ2) is 5.26. The van der Waals surface area contributed by atoms with E-state index in [-0.39, 0.29) is 30.6 Å². The van der Waals surface area contributed by atoms with Gasteiger partial charge in [0.25, 0.3) is 5.56 Å². The number of carboxylic acids is 1. The molecule has 0 aliphatic heterocycles. The molecule has 0 spiro atoms. The van der Waals surface area contributed by atoms with E-state index in [2.05, 4.69) is 10.2 Å². The molecule has 2 heterocycles. The monoisotopic (exact) mass is 249 g/mol. The van der Waals surface area contributed by atoms with Crippen molar-refractivity contribution >= 4 is 5.97 Å². The molecular weight excluding hydrogens is 238 g/mol. The highest BCUT2D eigenvalue weighted by Gasteiger charge is 2.09. The minimum atomic E-state index is -0.974. The van der Waals surface area contributed by atoms with E-state index < -0.39 is 5.97 Å². The third-order valence-corrected chi connectivity index (χ3v) is 2.36. The zero-order valence-electron chi connectivity index (χ0n) is 9.44. The smallest absolute Gasteiger partial charge is 0.303 e. The third kappa shape index (κ3) is 2.82. The van der Waals surface area contributed by atoms with Gasteiger partial charge in [-0.2, -0.15) is 0 Å². The molecule has 0 unspecified atom stereocenters. The second-order valence-electron chi connectivity index (χ2n) is 3.68. The van der Waals surface area contributed by atoms with Gasteiger partial charge in [0.15, 0.2) is 0 Å². The summed E-state index contributed by atoms with van der Waals surface area (Å²) in [4.78, 5) is 22.4. The number of aryl methyl sites for hydroxylation is 1. The minimum absolute atomic E-state index is 0.0696. The predicted molar refractivity (Wildman–Crippen MR) is 60.1 cm³/mol. The van der Waals surface area contributed by atoms with Crippen LogP contribution in [0.5, 0.6) is 0 Å². The van der Waals surface area contributed by atoms with Crippen molar-refractivity contribution in [3.63, 3.8) is 0 Å². The van der Waals surface area contributed by atoms with Crippen molar-refractivity contribution in [3.8, 4) is 0 Å². The van der Waals surface area contributed by atoms with Crippen molar-refractivity contribution in [1.82, 2.24) is 14.8 Å². The lowest BCUT2D eigenvalue weighted by atomic mass is 10.2. The summed E-state index contributed by atoms with van der Waals surface area (Å²) in [6.45, 7) is 0.251. The Balaban J connectivity index is 2.19. The molecule has 0 amide bonds. The number of carbonyl (C=O) groups is 1. The molecule has 7 heteroatoms. The molecule has 18 heavy (non-hydrogen) atoms. The number of aromatic nitrogens is 3. The van der Waals surface area contributed by atoms with Gasteiger partial charge in [0, 0.05) is 6.42 Å². The maximum absolute atomic E-state index is 11.9. The zero-order chi connectivity index (χ0) is 13.0. The molecule has 94 valence electrons. The molecule has 2 aromatic heterocycles. The first-order valence-electron chi connectivity index (χ1n) is 5.32. The van der Waals surface area contributed by atoms with E-state index in [1.165, 1.54) is 17.2 Å². The first-order valence-corrected chi connectivity index (χ1v) is 5.32. The van der Waals surface area contributed by atoms with E-state index in [1.54, 1.807) is 12.1 Å². The first-order chi connectivity index (χ1) is 8.66. The van der Waals surface area contributed by atoms with E-state index in [1.807, 2.05) is 0 Å². The van der Waals surface area contributed by atoms with Gasteiger partial charge >= 0.3 is 5.97 Å². The Bertz CT molecular complexity index is 589. The summed E-state index contributed by atoms with van der Waals surface area (Å²) in [5.41, 5.74) is -0.200. The molecule has 1 N–H and O–H groups in total. The van der Waals surface area contributed by atoms with E-state index in [9.17, 15) is 9.59 Å². The van der Waals surface area contributed by atoms with Gasteiger partial charge in [0.05, 0.1) is 19.2 Å². The fourth-order valence-electron chi connectivity index (χ4n) is 1.48. The molecule has 0 aromatic carbocycles. The Morgan fingerprint density at radius 2 is 2.33 bits per heavy atom. The van der Waals surface area contributed by atoms with Crippen LogP contribution in [0.25, 0.3) is 0 Å². The molecule has 0 saturated heterocycles. The highest BCUT2D eigenvalue weighted by atomic mass is 16.4. The Morgan fingerprint density at radius 1 is 1.50 bits per heavy atom. The van der Waals surface area contributed by atoms with Gasteiger partial charge in [-0.05, 0) is 12.1 Å². The normalized spacial score (nSPS) is 10.4. The third-order valence-electron chi connectivity index (χ3n) is 2.36. The highest BCUT2D eigenvalue weighted by molar-refractivity contribution is 5.66. The predicted octanol–water partition coefficient (Wildman–Crippen LogP) is 0.297. The topological polar surface area (TPSA) is 98.2 Å². The van der Waals surface area contributed by atoms with Crippen LogP contribution in [0.4, 0.5) is 0 Å². The Morgan fingerprint density at radius 3 is 3.00 bits per heavy atom. The quantitative estimate of drug-likeness (QED) is 0.818. The minimum Gasteiger partial charge on any atom is -0.481 e. The van der Waals surface area contributed by atoms with Crippen LogP contribution in [0, 0.1) is 0 Å². The molecular formula is C11H11N3O4. The van der Waals surface area contributed by atoms with Crippen LogP contribution in [0.15, 0.2) is 33.9 Å². The number of rotatable bonds is 5. The van der Waals surface area contributed by atoms with E-state index in [0.717, 1.165) is 0 Å². The van der Waals surface area contributed by atoms with E-state index >= 15 is 0 Å². The van der Waals surface area contributed by atoms with Crippen molar-refractivity contribution in [1.29, 1.82) is 0 Å². The first kappa shape index (κ1) is 12.0. The Hall–Kier alpha value is -2.44. The zero-order valence-corrected chi connectivity index (χ0v) is 9.44. The fraction of sp³-hybridized carbons (Fsp3) is 0.273. The SMILES string of the molecule is O=C(O)CCc1nncn(Cc2ccco2)c1=O. The summed E-state index contributed by atoms with van der Waals surface area (Å²) in [7, 11) is 0. The molecule has 7 nitrogen and oxygen atoms in total. The van der Waals surface area contributed by atoms with Gasteiger partial charge in [-0.1, -0.05) is 0 Å². The number of furan rings is 1. The van der Waals surface area contributed by atoms with Crippen molar-refractivity contribution in [2.24, 2.45) is 0 Å². The van der Waals surface area contributed by atoms with Crippen molar-refractivity contribution < 1.29 is 14.3 Å². The molecule has 0 atom stereocenters. The number of hydrogen-bond donors (Lipinski definition) is 1. The van der Waals surface area contributed by atoms with Crippen LogP contribution < -0.4 is 5.56 Å². The number of nitrogens with zero attached hydrogens (tertiary/aromatic N) is 3. The van der Waals surface area contributed by atoms with Crippen molar-refractivity contribution in [2.75, 3.05) is 0 Å². The maximum atomic E-state index is 11.9. The average Bonchev–Trinajstić information content (AvgIpc) is 2.83. The molecule has 0 aliphatic carbocycles. The van der Waals surface area contributed by atoms with Crippen LogP contribution >= 0.6 is 0 Å². The summed E-state index contributed by atoms with van der Waals surface area (Å²) < 4.78 is 6.46. The summed E-state index contributed by atoms with van der Waals surface area (Å²) in [5.74, 6) is -0.355. The van der Waals surface area contributed by atoms with Gasteiger partial charge in [0.1, 0.15) is 17.8 Å². The van der Waals surface area contributed by atoms with Crippen molar-refractivity contribution in [3.05, 3.63) is 46.5 Å². The van der Waals surface area contributed by atoms with E-state index in [0.29, 0.717) is 5.76 Å². The Kier molecular flexibility index (Phi) is 3.52. The summed E-state index contributed by atoms with van der Waals surface area (Å²) in [6.07, 6.45) is 2.74. The maximum Gasteiger partial charge on any atom is 0.303 e. The molecule has 0 bridgehead atoms. The van der Waals surface area contributed by atoms with Gasteiger partial charge < -0.3 is 9.52 Å². The molecule has 2 aromatic rings. The van der Waals surface area contributed by atoms with Crippen LogP contribution in [0.1, 0.15) is 17.9 Å². The van der Waals surface area contributed by atoms with Crippen LogP contribution in [0.2, 0.25) is 0 Å². The largest absolute Gasteiger partial charge is 0.481 e. The standard InChI is InChI=1S/C11H11N3O4/c15-10(16)4-3-9-11(17)14(7-12-13-9)6-8-2-1-5-18-8/h1-2,5,7H,3-4,6H2,(H,15,16). The average molecular weight is 249 g/mol. The lowest BCUT2D eigenvalue weighted by Gasteiger charge is -2.03. The van der Waals surface area contributed by atoms with Crippen molar-refractivity contribution in [2.45, 2.75) is 19.4 Å². The highest BCUT2D eigenvalue weighted by Crippen LogP contribution is 2.01. The number of carboxylic acid groups (broad SMARTS) is 1. The summed E-state index contributed by atoms with van der Waals surface area (Å²) in [6, 6.07) is 3.46. The second-order valence-corrected chi connectivity index (χ2v) is 3.68. The molecule has 0 aliphatic rings.